The number of hydrogen-bond acceptors (Lipinski definition) is 4. The first kappa shape index (κ1) is 20.9. The lowest BCUT2D eigenvalue weighted by Gasteiger charge is -2.20. The van der Waals surface area contributed by atoms with Crippen LogP contribution in [-0.4, -0.2) is 16.9 Å². The van der Waals surface area contributed by atoms with Gasteiger partial charge in [0.25, 0.3) is 5.56 Å². The lowest BCUT2D eigenvalue weighted by Crippen LogP contribution is -2.37. The van der Waals surface area contributed by atoms with Crippen molar-refractivity contribution in [1.29, 1.82) is 10.5 Å². The molecule has 1 aromatic carbocycles. The van der Waals surface area contributed by atoms with E-state index in [-0.39, 0.29) is 31.4 Å². The third kappa shape index (κ3) is 3.85. The molecule has 3 rings (SSSR count). The van der Waals surface area contributed by atoms with Crippen LogP contribution in [0.3, 0.4) is 0 Å². The minimum Gasteiger partial charge on any atom is -0.349 e. The van der Waals surface area contributed by atoms with Crippen LogP contribution in [0.5, 0.6) is 0 Å². The van der Waals surface area contributed by atoms with Crippen molar-refractivity contribution in [3.05, 3.63) is 75.0 Å². The number of rotatable bonds is 4. The molecule has 155 valence electrons. The molecule has 0 spiro atoms. The standard InChI is InChI=1S/C22H17F2N4O2.2H2/c1-11-15(22(30)28-19-6-5-17(23)16(10-26)21(11)19)8-20(29)27-12(2)14-4-3-13(9-25)7-18(14)24;;/h3-7,12-13H,8H2,1-2H3,(H,27,29)(H,28,30);2*1H/t12-,13?;;/m0../s1. The number of carbonyl (C=O) groups excluding carboxylic acids is 1. The number of benzene rings is 1. The molecule has 2 atom stereocenters. The van der Waals surface area contributed by atoms with E-state index in [1.807, 2.05) is 6.07 Å². The number of fused-ring (bicyclic) bond motifs is 1. The maximum Gasteiger partial charge on any atom is 0.252 e. The number of allylic oxidation sites excluding steroid dienone is 2. The van der Waals surface area contributed by atoms with Gasteiger partial charge in [-0.15, -0.1) is 0 Å². The van der Waals surface area contributed by atoms with Crippen LogP contribution in [0.15, 0.2) is 40.5 Å². The summed E-state index contributed by atoms with van der Waals surface area (Å²) in [4.78, 5) is 27.5. The summed E-state index contributed by atoms with van der Waals surface area (Å²) < 4.78 is 28.2. The number of nitriles is 2. The number of aromatic amines is 1. The molecule has 1 aliphatic rings. The fourth-order valence-electron chi connectivity index (χ4n) is 3.47. The second-order valence-electron chi connectivity index (χ2n) is 6.96. The predicted molar refractivity (Wildman–Crippen MR) is 110 cm³/mol. The van der Waals surface area contributed by atoms with E-state index >= 15 is 0 Å². The Morgan fingerprint density at radius 3 is 2.73 bits per heavy atom. The fourth-order valence-corrected chi connectivity index (χ4v) is 3.47. The van der Waals surface area contributed by atoms with E-state index in [9.17, 15) is 23.6 Å². The third-order valence-electron chi connectivity index (χ3n) is 5.03. The summed E-state index contributed by atoms with van der Waals surface area (Å²) in [6.45, 7) is 3.13. The summed E-state index contributed by atoms with van der Waals surface area (Å²) in [5.74, 6) is -2.51. The second-order valence-corrected chi connectivity index (χ2v) is 6.96. The van der Waals surface area contributed by atoms with Crippen molar-refractivity contribution < 1.29 is 16.4 Å². The smallest absolute Gasteiger partial charge is 0.252 e. The molecule has 6 nitrogen and oxygen atoms in total. The van der Waals surface area contributed by atoms with Gasteiger partial charge < -0.3 is 10.3 Å². The summed E-state index contributed by atoms with van der Waals surface area (Å²) in [7, 11) is 0. The number of amides is 1. The molecule has 0 saturated carbocycles. The van der Waals surface area contributed by atoms with E-state index < -0.39 is 35.1 Å². The van der Waals surface area contributed by atoms with Crippen molar-refractivity contribution in [1.82, 2.24) is 10.3 Å². The molecule has 2 N–H and O–H groups in total. The Morgan fingerprint density at radius 1 is 1.37 bits per heavy atom. The van der Waals surface area contributed by atoms with Gasteiger partial charge in [0, 0.05) is 25.8 Å². The molecule has 2 aromatic rings. The van der Waals surface area contributed by atoms with Gasteiger partial charge in [-0.1, -0.05) is 6.08 Å². The highest BCUT2D eigenvalue weighted by Gasteiger charge is 2.23. The normalized spacial score (nSPS) is 16.8. The largest absolute Gasteiger partial charge is 0.349 e. The van der Waals surface area contributed by atoms with Crippen molar-refractivity contribution in [2.24, 2.45) is 5.92 Å². The number of carbonyl (C=O) groups is 1. The molecular formula is C22H21F2N4O2. The van der Waals surface area contributed by atoms with E-state index in [0.29, 0.717) is 11.1 Å². The van der Waals surface area contributed by atoms with E-state index in [1.165, 1.54) is 18.6 Å². The van der Waals surface area contributed by atoms with E-state index in [1.54, 1.807) is 19.9 Å². The number of hydrogen-bond donors (Lipinski definition) is 2. The molecule has 30 heavy (non-hydrogen) atoms. The maximum atomic E-state index is 14.2. The van der Waals surface area contributed by atoms with Crippen molar-refractivity contribution in [3.63, 3.8) is 0 Å². The van der Waals surface area contributed by atoms with Crippen LogP contribution in [0, 0.1) is 47.7 Å². The van der Waals surface area contributed by atoms with Crippen molar-refractivity contribution in [3.8, 4) is 12.1 Å². The highest BCUT2D eigenvalue weighted by molar-refractivity contribution is 5.90. The highest BCUT2D eigenvalue weighted by atomic mass is 19.1. The van der Waals surface area contributed by atoms with Gasteiger partial charge in [0.2, 0.25) is 5.91 Å². The predicted octanol–water partition coefficient (Wildman–Crippen LogP) is 3.52. The first-order chi connectivity index (χ1) is 14.3. The minimum absolute atomic E-state index is 0. The summed E-state index contributed by atoms with van der Waals surface area (Å²) in [5, 5.41) is 21.0. The van der Waals surface area contributed by atoms with Crippen LogP contribution in [0.1, 0.15) is 26.5 Å². The molecular weight excluding hydrogens is 390 g/mol. The molecule has 0 saturated heterocycles. The quantitative estimate of drug-likeness (QED) is 0.802. The zero-order valence-electron chi connectivity index (χ0n) is 16.2. The number of nitrogens with one attached hydrogen (secondary N) is 2. The summed E-state index contributed by atoms with van der Waals surface area (Å²) in [5.41, 5.74) is 0.215. The topological polar surface area (TPSA) is 110 Å². The molecule has 1 aromatic heterocycles. The van der Waals surface area contributed by atoms with Gasteiger partial charge in [0.05, 0.1) is 35.5 Å². The lowest BCUT2D eigenvalue weighted by atomic mass is 9.93. The third-order valence-corrected chi connectivity index (χ3v) is 5.03. The Hall–Kier alpha value is -3.78. The molecule has 1 radical (unpaired) electrons. The first-order valence-corrected chi connectivity index (χ1v) is 9.12. The van der Waals surface area contributed by atoms with Crippen LogP contribution in [0.25, 0.3) is 10.9 Å². The minimum atomic E-state index is -0.720. The molecule has 1 unspecified atom stereocenters. The van der Waals surface area contributed by atoms with Gasteiger partial charge in [-0.3, -0.25) is 9.59 Å². The van der Waals surface area contributed by atoms with E-state index in [2.05, 4.69) is 10.3 Å². The molecule has 0 fully saturated rings. The number of pyridine rings is 1. The van der Waals surface area contributed by atoms with Crippen LogP contribution < -0.4 is 10.9 Å². The second kappa shape index (κ2) is 8.30. The Balaban J connectivity index is 0.00000256. The molecule has 1 aliphatic carbocycles. The average Bonchev–Trinajstić information content (AvgIpc) is 2.71. The molecule has 0 bridgehead atoms. The number of aromatic nitrogens is 1. The highest BCUT2D eigenvalue weighted by Crippen LogP contribution is 2.26. The Bertz CT molecular complexity index is 1260. The average molecular weight is 411 g/mol. The van der Waals surface area contributed by atoms with E-state index in [4.69, 9.17) is 5.26 Å². The van der Waals surface area contributed by atoms with Gasteiger partial charge in [-0.25, -0.2) is 8.78 Å². The van der Waals surface area contributed by atoms with Gasteiger partial charge in [0.15, 0.2) is 0 Å². The Labute approximate surface area is 174 Å². The van der Waals surface area contributed by atoms with E-state index in [0.717, 1.165) is 12.1 Å². The number of aryl methyl sites for hydroxylation is 1. The van der Waals surface area contributed by atoms with Gasteiger partial charge in [-0.05, 0) is 37.6 Å². The van der Waals surface area contributed by atoms with Crippen molar-refractivity contribution >= 4 is 16.8 Å². The van der Waals surface area contributed by atoms with Crippen molar-refractivity contribution in [2.75, 3.05) is 0 Å². The van der Waals surface area contributed by atoms with Crippen LogP contribution >= 0.6 is 0 Å². The van der Waals surface area contributed by atoms with Crippen LogP contribution in [0.4, 0.5) is 8.78 Å². The molecule has 0 aliphatic heterocycles. The summed E-state index contributed by atoms with van der Waals surface area (Å²) in [6.07, 6.45) is 3.81. The number of halogens is 2. The molecule has 1 amide bonds. The fraction of sp³-hybridized carbons (Fsp3) is 0.227. The monoisotopic (exact) mass is 411 g/mol. The zero-order valence-corrected chi connectivity index (χ0v) is 16.2. The van der Waals surface area contributed by atoms with Crippen LogP contribution in [-0.2, 0) is 11.2 Å². The molecule has 1 heterocycles. The number of H-pyrrole nitrogens is 1. The zero-order chi connectivity index (χ0) is 22.0. The lowest BCUT2D eigenvalue weighted by molar-refractivity contribution is -0.120. The molecule has 8 heteroatoms. The van der Waals surface area contributed by atoms with Gasteiger partial charge in [-0.2, -0.15) is 10.5 Å². The number of nitrogens with zero attached hydrogens (tertiary/aromatic N) is 2. The van der Waals surface area contributed by atoms with Crippen LogP contribution in [0.2, 0.25) is 0 Å². The van der Waals surface area contributed by atoms with Crippen molar-refractivity contribution in [2.45, 2.75) is 26.3 Å². The SMILES string of the molecule is Cc1c(CC(=O)N[C@@H](C)C2=C[CH]C(C#N)C=C2F)c(=O)[nH]c2ccc(F)c(C#N)c12.[HH].[HH]. The summed E-state index contributed by atoms with van der Waals surface area (Å²) in [6, 6.07) is 5.46. The Morgan fingerprint density at radius 2 is 2.10 bits per heavy atom. The first-order valence-electron chi connectivity index (χ1n) is 9.12. The summed E-state index contributed by atoms with van der Waals surface area (Å²) >= 11 is 0. The van der Waals surface area contributed by atoms with Gasteiger partial charge in [0.1, 0.15) is 17.7 Å². The van der Waals surface area contributed by atoms with Gasteiger partial charge >= 0.3 is 0 Å². The maximum absolute atomic E-state index is 14.2. The Kier molecular flexibility index (Phi) is 5.79.